The summed E-state index contributed by atoms with van der Waals surface area (Å²) in [6.07, 6.45) is -0.753. The van der Waals surface area contributed by atoms with E-state index in [2.05, 4.69) is 10.3 Å². The number of carbonyl (C=O) groups is 4. The van der Waals surface area contributed by atoms with Crippen molar-refractivity contribution in [1.82, 2.24) is 15.2 Å². The maximum absolute atomic E-state index is 12.7. The molecule has 0 aliphatic carbocycles. The number of nitrogens with zero attached hydrogens (tertiary/aromatic N) is 2. The molecule has 1 fully saturated rings. The molecule has 2 amide bonds. The van der Waals surface area contributed by atoms with E-state index in [0.717, 1.165) is 11.3 Å². The Morgan fingerprint density at radius 2 is 2.17 bits per heavy atom. The van der Waals surface area contributed by atoms with Crippen molar-refractivity contribution in [3.63, 3.8) is 0 Å². The molecule has 1 aromatic heterocycles. The predicted molar refractivity (Wildman–Crippen MR) is 104 cm³/mol. The molecular formula is C16H16N4O7S2. The lowest BCUT2D eigenvalue weighted by Crippen LogP contribution is -2.70. The van der Waals surface area contributed by atoms with Crippen LogP contribution in [0.4, 0.5) is 9.93 Å². The maximum atomic E-state index is 12.7. The number of aromatic nitrogens is 1. The lowest BCUT2D eigenvalue weighted by molar-refractivity contribution is -0.148. The predicted octanol–water partition coefficient (Wildman–Crippen LogP) is 0.909. The Labute approximate surface area is 172 Å². The second kappa shape index (κ2) is 8.13. The number of hydrogen-bond donors (Lipinski definition) is 4. The molecule has 13 heteroatoms. The Balaban J connectivity index is 1.78. The monoisotopic (exact) mass is 440 g/mol. The maximum Gasteiger partial charge on any atom is 0.512 e. The first-order valence-corrected chi connectivity index (χ1v) is 10.1. The molecule has 0 aromatic carbocycles. The van der Waals surface area contributed by atoms with E-state index in [1.807, 2.05) is 0 Å². The van der Waals surface area contributed by atoms with Gasteiger partial charge in [0.25, 0.3) is 11.8 Å². The number of carboxylic acid groups (broad SMARTS) is 2. The first-order valence-electron chi connectivity index (χ1n) is 8.18. The molecule has 2 atom stereocenters. The molecule has 5 N–H and O–H groups in total. The van der Waals surface area contributed by atoms with E-state index in [1.165, 1.54) is 28.1 Å². The van der Waals surface area contributed by atoms with Crippen LogP contribution in [0.1, 0.15) is 19.0 Å². The fourth-order valence-electron chi connectivity index (χ4n) is 2.81. The third kappa shape index (κ3) is 4.19. The molecule has 2 aliphatic heterocycles. The highest BCUT2D eigenvalue weighted by atomic mass is 32.2. The Kier molecular flexibility index (Phi) is 5.79. The number of β-lactam (4-membered cyclic amide) rings is 1. The van der Waals surface area contributed by atoms with Gasteiger partial charge in [0.1, 0.15) is 11.4 Å². The van der Waals surface area contributed by atoms with Crippen molar-refractivity contribution in [2.45, 2.75) is 24.8 Å². The van der Waals surface area contributed by atoms with E-state index < -0.39 is 41.8 Å². The lowest BCUT2D eigenvalue weighted by atomic mass is 10.0. The van der Waals surface area contributed by atoms with Crippen molar-refractivity contribution >= 4 is 57.7 Å². The number of carbonyl (C=O) groups excluding carboxylic acids is 2. The van der Waals surface area contributed by atoms with Crippen LogP contribution >= 0.6 is 23.1 Å². The smallest absolute Gasteiger partial charge is 0.481 e. The van der Waals surface area contributed by atoms with Gasteiger partial charge < -0.3 is 26.0 Å². The Morgan fingerprint density at radius 1 is 1.45 bits per heavy atom. The van der Waals surface area contributed by atoms with Crippen molar-refractivity contribution < 1.29 is 34.1 Å². The number of nitrogen functional groups attached to an aromatic ring is 1. The van der Waals surface area contributed by atoms with Crippen LogP contribution in [-0.2, 0) is 19.1 Å². The molecule has 3 heterocycles. The van der Waals surface area contributed by atoms with E-state index in [4.69, 9.17) is 20.7 Å². The summed E-state index contributed by atoms with van der Waals surface area (Å²) in [7, 11) is 0. The van der Waals surface area contributed by atoms with Crippen LogP contribution < -0.4 is 11.1 Å². The lowest BCUT2D eigenvalue weighted by Gasteiger charge is -2.48. The number of hydrogen-bond acceptors (Lipinski definition) is 9. The number of amides is 2. The Bertz CT molecular complexity index is 955. The fraction of sp³-hybridized carbons (Fsp3) is 0.312. The van der Waals surface area contributed by atoms with Crippen molar-refractivity contribution in [3.05, 3.63) is 28.6 Å². The highest BCUT2D eigenvalue weighted by molar-refractivity contribution is 8.00. The number of thiazole rings is 1. The van der Waals surface area contributed by atoms with E-state index in [0.29, 0.717) is 11.3 Å². The van der Waals surface area contributed by atoms with Gasteiger partial charge in [0.2, 0.25) is 5.88 Å². The van der Waals surface area contributed by atoms with E-state index in [1.54, 1.807) is 6.92 Å². The normalized spacial score (nSPS) is 21.3. The van der Waals surface area contributed by atoms with Crippen LogP contribution in [0.5, 0.6) is 0 Å². The minimum Gasteiger partial charge on any atom is -0.481 e. The van der Waals surface area contributed by atoms with Crippen LogP contribution in [0.3, 0.4) is 0 Å². The number of nitrogens with one attached hydrogen (secondary N) is 1. The molecule has 1 aromatic rings. The van der Waals surface area contributed by atoms with Crippen LogP contribution in [0.2, 0.25) is 0 Å². The molecule has 0 radical (unpaired) electrons. The van der Waals surface area contributed by atoms with E-state index in [9.17, 15) is 19.2 Å². The van der Waals surface area contributed by atoms with Crippen molar-refractivity contribution in [1.29, 1.82) is 0 Å². The molecule has 0 saturated carbocycles. The third-order valence-electron chi connectivity index (χ3n) is 4.09. The number of carboxylic acids is 1. The molecule has 154 valence electrons. The number of rotatable bonds is 6. The number of fused-ring (bicyclic) bond motifs is 1. The van der Waals surface area contributed by atoms with Crippen LogP contribution in [0, 0.1) is 0 Å². The van der Waals surface area contributed by atoms with Crippen LogP contribution in [-0.4, -0.2) is 61.2 Å². The molecule has 0 unspecified atom stereocenters. The summed E-state index contributed by atoms with van der Waals surface area (Å²) in [6, 6.07) is -0.919. The minimum atomic E-state index is -1.54. The number of aliphatic carboxylic acids is 1. The molecule has 2 aliphatic rings. The molecule has 0 spiro atoms. The zero-order valence-corrected chi connectivity index (χ0v) is 16.6. The third-order valence-corrected chi connectivity index (χ3v) is 6.19. The van der Waals surface area contributed by atoms with Gasteiger partial charge in [-0.15, -0.1) is 23.1 Å². The van der Waals surface area contributed by atoms with E-state index >= 15 is 0 Å². The summed E-state index contributed by atoms with van der Waals surface area (Å²) >= 11 is 2.44. The number of thioether (sulfide) groups is 1. The van der Waals surface area contributed by atoms with Crippen LogP contribution in [0.25, 0.3) is 5.57 Å². The summed E-state index contributed by atoms with van der Waals surface area (Å²) in [5, 5.41) is 21.5. The van der Waals surface area contributed by atoms with Gasteiger partial charge in [-0.3, -0.25) is 19.3 Å². The second-order valence-corrected chi connectivity index (χ2v) is 8.10. The zero-order chi connectivity index (χ0) is 21.3. The highest BCUT2D eigenvalue weighted by Crippen LogP contribution is 2.40. The topological polar surface area (TPSA) is 172 Å². The summed E-state index contributed by atoms with van der Waals surface area (Å²) in [5.74, 6) is -1.97. The van der Waals surface area contributed by atoms with Crippen molar-refractivity contribution in [3.8, 4) is 0 Å². The molecule has 3 rings (SSSR count). The summed E-state index contributed by atoms with van der Waals surface area (Å²) in [6.45, 7) is 1.65. The SMILES string of the molecule is CC1=C(OC(=O)O)N2C(=O)[C@@H](NC(=O)C(=CCC(=O)O)c3csc(N)n3)[C@@H]2SC1. The highest BCUT2D eigenvalue weighted by Gasteiger charge is 2.53. The fourth-order valence-corrected chi connectivity index (χ4v) is 4.65. The van der Waals surface area contributed by atoms with Gasteiger partial charge >= 0.3 is 12.1 Å². The quantitative estimate of drug-likeness (QED) is 0.283. The Morgan fingerprint density at radius 3 is 2.76 bits per heavy atom. The van der Waals surface area contributed by atoms with Gasteiger partial charge in [-0.05, 0) is 12.5 Å². The summed E-state index contributed by atoms with van der Waals surface area (Å²) in [5.41, 5.74) is 6.37. The average molecular weight is 440 g/mol. The zero-order valence-electron chi connectivity index (χ0n) is 14.9. The van der Waals surface area contributed by atoms with E-state index in [-0.39, 0.29) is 22.3 Å². The van der Waals surface area contributed by atoms with Gasteiger partial charge in [0, 0.05) is 11.1 Å². The molecular weight excluding hydrogens is 424 g/mol. The molecule has 11 nitrogen and oxygen atoms in total. The summed E-state index contributed by atoms with van der Waals surface area (Å²) in [4.78, 5) is 52.3. The summed E-state index contributed by atoms with van der Waals surface area (Å²) < 4.78 is 4.72. The van der Waals surface area contributed by atoms with Crippen molar-refractivity contribution in [2.75, 3.05) is 11.5 Å². The minimum absolute atomic E-state index is 0.0128. The van der Waals surface area contributed by atoms with Crippen LogP contribution in [0.15, 0.2) is 22.9 Å². The van der Waals surface area contributed by atoms with Gasteiger partial charge in [-0.1, -0.05) is 6.08 Å². The molecule has 0 bridgehead atoms. The standard InChI is InChI=1S/C16H16N4O7S2/c1-6-4-28-14-10(12(24)20(14)13(6)27-16(25)26)19-11(23)7(2-3-9(21)22)8-5-29-15(17)18-8/h2,5,10,14H,3-4H2,1H3,(H2,17,18)(H,19,23)(H,21,22)(H,25,26)/t10-,14+/m1/s1. The largest absolute Gasteiger partial charge is 0.512 e. The second-order valence-electron chi connectivity index (χ2n) is 6.10. The number of anilines is 1. The first-order chi connectivity index (χ1) is 13.7. The van der Waals surface area contributed by atoms with Gasteiger partial charge in [0.15, 0.2) is 5.13 Å². The molecule has 29 heavy (non-hydrogen) atoms. The van der Waals surface area contributed by atoms with Gasteiger partial charge in [-0.25, -0.2) is 9.78 Å². The number of nitrogens with two attached hydrogens (primary N) is 1. The molecule has 1 saturated heterocycles. The Hall–Kier alpha value is -3.06. The average Bonchev–Trinajstić information content (AvgIpc) is 3.06. The van der Waals surface area contributed by atoms with Gasteiger partial charge in [-0.2, -0.15) is 0 Å². The first kappa shape index (κ1) is 20.7. The number of ether oxygens (including phenoxy) is 1. The van der Waals surface area contributed by atoms with Gasteiger partial charge in [0.05, 0.1) is 17.7 Å². The van der Waals surface area contributed by atoms with Crippen molar-refractivity contribution in [2.24, 2.45) is 0 Å².